The van der Waals surface area contributed by atoms with E-state index in [1.807, 2.05) is 0 Å². The normalized spacial score (nSPS) is 18.9. The van der Waals surface area contributed by atoms with Crippen molar-refractivity contribution < 1.29 is 9.53 Å². The molecule has 1 atom stereocenters. The number of anilines is 1. The second-order valence-corrected chi connectivity index (χ2v) is 4.64. The van der Waals surface area contributed by atoms with Crippen LogP contribution in [0.25, 0.3) is 0 Å². The molecule has 0 spiro atoms. The van der Waals surface area contributed by atoms with Gasteiger partial charge in [-0.1, -0.05) is 15.9 Å². The fourth-order valence-electron chi connectivity index (χ4n) is 1.49. The van der Waals surface area contributed by atoms with Gasteiger partial charge in [0.1, 0.15) is 0 Å². The minimum absolute atomic E-state index is 0.152. The lowest BCUT2D eigenvalue weighted by atomic mass is 10.1. The van der Waals surface area contributed by atoms with Crippen LogP contribution in [0.2, 0.25) is 0 Å². The van der Waals surface area contributed by atoms with E-state index in [9.17, 15) is 4.79 Å². The van der Waals surface area contributed by atoms with E-state index in [0.717, 1.165) is 17.5 Å². The summed E-state index contributed by atoms with van der Waals surface area (Å²) < 4.78 is 6.08. The van der Waals surface area contributed by atoms with Crippen molar-refractivity contribution in [2.75, 3.05) is 18.9 Å². The molecule has 1 fully saturated rings. The highest BCUT2D eigenvalue weighted by Gasteiger charge is 2.19. The lowest BCUT2D eigenvalue weighted by Crippen LogP contribution is -2.39. The third-order valence-electron chi connectivity index (χ3n) is 2.54. The van der Waals surface area contributed by atoms with E-state index in [0.29, 0.717) is 17.8 Å². The largest absolute Gasteiger partial charge is 0.398 e. The molecule has 1 aliphatic rings. The molecule has 1 aliphatic heterocycles. The maximum absolute atomic E-state index is 11.8. The second kappa shape index (κ2) is 4.84. The predicted octanol–water partition coefficient (Wildman–Crippen LogP) is 1.55. The summed E-state index contributed by atoms with van der Waals surface area (Å²) in [5, 5.41) is 2.80. The number of hydrogen-bond donors (Lipinski definition) is 2. The maximum Gasteiger partial charge on any atom is 0.253 e. The van der Waals surface area contributed by atoms with Crippen LogP contribution in [0, 0.1) is 0 Å². The van der Waals surface area contributed by atoms with Crippen molar-refractivity contribution in [2.45, 2.75) is 12.5 Å². The molecule has 0 bridgehead atoms. The van der Waals surface area contributed by atoms with Crippen LogP contribution in [0.3, 0.4) is 0 Å². The van der Waals surface area contributed by atoms with Crippen molar-refractivity contribution in [3.8, 4) is 0 Å². The van der Waals surface area contributed by atoms with Crippen LogP contribution in [0.5, 0.6) is 0 Å². The Bertz CT molecular complexity index is 405. The van der Waals surface area contributed by atoms with Gasteiger partial charge in [-0.25, -0.2) is 0 Å². The van der Waals surface area contributed by atoms with Crippen LogP contribution in [0.4, 0.5) is 5.69 Å². The number of carbonyl (C=O) groups excluding carboxylic acids is 1. The summed E-state index contributed by atoms with van der Waals surface area (Å²) in [6, 6.07) is 5.22. The minimum atomic E-state index is -0.152. The summed E-state index contributed by atoms with van der Waals surface area (Å²) in [5.74, 6) is -0.152. The fourth-order valence-corrected chi connectivity index (χ4v) is 1.87. The van der Waals surface area contributed by atoms with E-state index in [4.69, 9.17) is 10.5 Å². The molecule has 1 heterocycles. The zero-order chi connectivity index (χ0) is 11.5. The molecule has 1 amide bonds. The number of benzene rings is 1. The van der Waals surface area contributed by atoms with Gasteiger partial charge in [0.25, 0.3) is 5.91 Å². The molecule has 3 N–H and O–H groups in total. The van der Waals surface area contributed by atoms with E-state index in [1.54, 1.807) is 18.2 Å². The van der Waals surface area contributed by atoms with Gasteiger partial charge in [0.2, 0.25) is 0 Å². The van der Waals surface area contributed by atoms with Gasteiger partial charge in [-0.15, -0.1) is 0 Å². The fraction of sp³-hybridized carbons (Fsp3) is 0.364. The molecule has 0 saturated carbocycles. The minimum Gasteiger partial charge on any atom is -0.398 e. The average molecular weight is 285 g/mol. The predicted molar refractivity (Wildman–Crippen MR) is 65.2 cm³/mol. The third-order valence-corrected chi connectivity index (χ3v) is 3.04. The summed E-state index contributed by atoms with van der Waals surface area (Å²) in [6.07, 6.45) is 1.18. The van der Waals surface area contributed by atoms with Gasteiger partial charge in [0, 0.05) is 23.3 Å². The molecule has 1 aromatic rings. The lowest BCUT2D eigenvalue weighted by molar-refractivity contribution is -0.0472. The van der Waals surface area contributed by atoms with Crippen LogP contribution in [0.1, 0.15) is 16.8 Å². The molecule has 1 saturated heterocycles. The van der Waals surface area contributed by atoms with Crippen molar-refractivity contribution in [1.29, 1.82) is 0 Å². The van der Waals surface area contributed by atoms with Crippen LogP contribution in [0.15, 0.2) is 22.7 Å². The Morgan fingerprint density at radius 1 is 1.62 bits per heavy atom. The zero-order valence-electron chi connectivity index (χ0n) is 8.70. The summed E-state index contributed by atoms with van der Waals surface area (Å²) >= 11 is 3.30. The molecule has 1 unspecified atom stereocenters. The highest BCUT2D eigenvalue weighted by atomic mass is 79.9. The van der Waals surface area contributed by atoms with Crippen LogP contribution >= 0.6 is 15.9 Å². The van der Waals surface area contributed by atoms with E-state index >= 15 is 0 Å². The van der Waals surface area contributed by atoms with Crippen LogP contribution in [-0.4, -0.2) is 25.2 Å². The van der Waals surface area contributed by atoms with Crippen LogP contribution < -0.4 is 11.1 Å². The number of carbonyl (C=O) groups is 1. The Labute approximate surface area is 102 Å². The highest BCUT2D eigenvalue weighted by molar-refractivity contribution is 9.10. The average Bonchev–Trinajstić information content (AvgIpc) is 2.14. The van der Waals surface area contributed by atoms with Gasteiger partial charge in [0.15, 0.2) is 0 Å². The first kappa shape index (κ1) is 11.4. The third kappa shape index (κ3) is 2.54. The molecular formula is C11H13BrN2O2. The van der Waals surface area contributed by atoms with E-state index in [1.165, 1.54) is 0 Å². The Hall–Kier alpha value is -1.07. The zero-order valence-corrected chi connectivity index (χ0v) is 10.3. The number of nitrogens with one attached hydrogen (secondary N) is 1. The number of halogens is 1. The molecule has 0 aliphatic carbocycles. The molecule has 0 radical (unpaired) electrons. The van der Waals surface area contributed by atoms with Gasteiger partial charge in [-0.2, -0.15) is 0 Å². The van der Waals surface area contributed by atoms with Gasteiger partial charge in [-0.05, 0) is 24.6 Å². The Morgan fingerprint density at radius 3 is 2.94 bits per heavy atom. The monoisotopic (exact) mass is 284 g/mol. The first-order valence-corrected chi connectivity index (χ1v) is 5.91. The van der Waals surface area contributed by atoms with Crippen molar-refractivity contribution in [3.05, 3.63) is 28.2 Å². The van der Waals surface area contributed by atoms with Crippen molar-refractivity contribution in [2.24, 2.45) is 0 Å². The van der Waals surface area contributed by atoms with E-state index in [2.05, 4.69) is 21.2 Å². The number of ether oxygens (including phenoxy) is 1. The van der Waals surface area contributed by atoms with Gasteiger partial charge in [-0.3, -0.25) is 4.79 Å². The number of hydrogen-bond acceptors (Lipinski definition) is 3. The molecule has 0 aromatic heterocycles. The SMILES string of the molecule is Nc1cc(Br)ccc1C(=O)NCC1CCO1. The van der Waals surface area contributed by atoms with Gasteiger partial charge < -0.3 is 15.8 Å². The van der Waals surface area contributed by atoms with Crippen molar-refractivity contribution in [1.82, 2.24) is 5.32 Å². The molecule has 5 heteroatoms. The number of nitrogens with two attached hydrogens (primary N) is 1. The number of amides is 1. The highest BCUT2D eigenvalue weighted by Crippen LogP contribution is 2.18. The molecule has 2 rings (SSSR count). The van der Waals surface area contributed by atoms with Gasteiger partial charge in [0.05, 0.1) is 11.7 Å². The summed E-state index contributed by atoms with van der Waals surface area (Å²) in [7, 11) is 0. The first-order valence-electron chi connectivity index (χ1n) is 5.11. The molecular weight excluding hydrogens is 272 g/mol. The van der Waals surface area contributed by atoms with E-state index in [-0.39, 0.29) is 12.0 Å². The Kier molecular flexibility index (Phi) is 3.46. The first-order chi connectivity index (χ1) is 7.66. The van der Waals surface area contributed by atoms with Crippen LogP contribution in [-0.2, 0) is 4.74 Å². The molecule has 4 nitrogen and oxygen atoms in total. The summed E-state index contributed by atoms with van der Waals surface area (Å²) in [6.45, 7) is 1.34. The van der Waals surface area contributed by atoms with Gasteiger partial charge >= 0.3 is 0 Å². The second-order valence-electron chi connectivity index (χ2n) is 3.72. The smallest absolute Gasteiger partial charge is 0.253 e. The lowest BCUT2D eigenvalue weighted by Gasteiger charge is -2.26. The number of rotatable bonds is 3. The summed E-state index contributed by atoms with van der Waals surface area (Å²) in [5.41, 5.74) is 6.73. The maximum atomic E-state index is 11.8. The molecule has 16 heavy (non-hydrogen) atoms. The quantitative estimate of drug-likeness (QED) is 0.828. The van der Waals surface area contributed by atoms with Crippen molar-refractivity contribution in [3.63, 3.8) is 0 Å². The van der Waals surface area contributed by atoms with Crippen molar-refractivity contribution >= 4 is 27.5 Å². The molecule has 1 aromatic carbocycles. The number of nitrogen functional groups attached to an aromatic ring is 1. The summed E-state index contributed by atoms with van der Waals surface area (Å²) in [4.78, 5) is 11.8. The Morgan fingerprint density at radius 2 is 2.38 bits per heavy atom. The molecule has 86 valence electrons. The standard InChI is InChI=1S/C11H13BrN2O2/c12-7-1-2-9(10(13)5-7)11(15)14-6-8-3-4-16-8/h1-2,5,8H,3-4,6,13H2,(H,14,15). The topological polar surface area (TPSA) is 64.4 Å². The Balaban J connectivity index is 1.96. The van der Waals surface area contributed by atoms with E-state index < -0.39 is 0 Å².